The van der Waals surface area contributed by atoms with Crippen molar-refractivity contribution in [1.82, 2.24) is 0 Å². The Morgan fingerprint density at radius 3 is 2.72 bits per heavy atom. The quantitative estimate of drug-likeness (QED) is 0.740. The monoisotopic (exact) mass is 240 g/mol. The summed E-state index contributed by atoms with van der Waals surface area (Å²) in [7, 11) is 0. The molecule has 0 aliphatic heterocycles. The van der Waals surface area contributed by atoms with Crippen LogP contribution in [0.2, 0.25) is 0 Å². The highest BCUT2D eigenvalue weighted by Crippen LogP contribution is 2.26. The van der Waals surface area contributed by atoms with Crippen LogP contribution in [0.1, 0.15) is 12.5 Å². The first-order chi connectivity index (χ1) is 8.74. The van der Waals surface area contributed by atoms with Crippen LogP contribution in [0, 0.1) is 18.2 Å². The van der Waals surface area contributed by atoms with Gasteiger partial charge in [0.1, 0.15) is 11.6 Å². The van der Waals surface area contributed by atoms with Gasteiger partial charge in [0.05, 0.1) is 6.61 Å². The molecule has 0 bridgehead atoms. The van der Waals surface area contributed by atoms with Crippen LogP contribution in [0.5, 0.6) is 5.75 Å². The summed E-state index contributed by atoms with van der Waals surface area (Å²) in [6.07, 6.45) is 5.23. The second-order valence-electron chi connectivity index (χ2n) is 3.80. The van der Waals surface area contributed by atoms with E-state index in [1.54, 1.807) is 12.1 Å². The summed E-state index contributed by atoms with van der Waals surface area (Å²) >= 11 is 0. The molecule has 18 heavy (non-hydrogen) atoms. The normalized spacial score (nSPS) is 9.83. The first kappa shape index (κ1) is 12.2. The van der Waals surface area contributed by atoms with Crippen molar-refractivity contribution in [3.05, 3.63) is 53.8 Å². The number of ether oxygens (including phenoxy) is 1. The second-order valence-corrected chi connectivity index (χ2v) is 3.80. The Labute approximate surface area is 106 Å². The molecular formula is C16H13FO. The SMILES string of the molecule is C#Cc1ccc(-c2cccc(OCC)c2)c(F)c1. The molecule has 0 atom stereocenters. The van der Waals surface area contributed by atoms with Crippen molar-refractivity contribution >= 4 is 0 Å². The zero-order valence-corrected chi connectivity index (χ0v) is 10.1. The Balaban J connectivity index is 2.42. The Morgan fingerprint density at radius 2 is 2.06 bits per heavy atom. The van der Waals surface area contributed by atoms with Gasteiger partial charge in [-0.3, -0.25) is 0 Å². The molecule has 2 rings (SSSR count). The third-order valence-corrected chi connectivity index (χ3v) is 2.59. The zero-order chi connectivity index (χ0) is 13.0. The van der Waals surface area contributed by atoms with Gasteiger partial charge in [-0.1, -0.05) is 24.1 Å². The Kier molecular flexibility index (Phi) is 3.64. The van der Waals surface area contributed by atoms with Crippen molar-refractivity contribution in [3.8, 4) is 29.2 Å². The lowest BCUT2D eigenvalue weighted by Crippen LogP contribution is -1.92. The Hall–Kier alpha value is -2.27. The van der Waals surface area contributed by atoms with Gasteiger partial charge in [0.15, 0.2) is 0 Å². The summed E-state index contributed by atoms with van der Waals surface area (Å²) in [5.41, 5.74) is 1.84. The van der Waals surface area contributed by atoms with E-state index >= 15 is 0 Å². The van der Waals surface area contributed by atoms with Crippen molar-refractivity contribution in [2.45, 2.75) is 6.92 Å². The lowest BCUT2D eigenvalue weighted by atomic mass is 10.0. The average Bonchev–Trinajstić information content (AvgIpc) is 2.39. The lowest BCUT2D eigenvalue weighted by Gasteiger charge is -2.07. The molecule has 0 saturated carbocycles. The molecule has 0 fully saturated rings. The summed E-state index contributed by atoms with van der Waals surface area (Å²) in [5.74, 6) is 2.83. The van der Waals surface area contributed by atoms with E-state index in [1.807, 2.05) is 31.2 Å². The lowest BCUT2D eigenvalue weighted by molar-refractivity contribution is 0.340. The van der Waals surface area contributed by atoms with Crippen molar-refractivity contribution in [2.75, 3.05) is 6.61 Å². The van der Waals surface area contributed by atoms with Crippen LogP contribution >= 0.6 is 0 Å². The molecule has 2 aromatic carbocycles. The molecule has 0 spiro atoms. The van der Waals surface area contributed by atoms with Crippen molar-refractivity contribution < 1.29 is 9.13 Å². The highest BCUT2D eigenvalue weighted by molar-refractivity contribution is 5.66. The van der Waals surface area contributed by atoms with Gasteiger partial charge in [-0.25, -0.2) is 4.39 Å². The van der Waals surface area contributed by atoms with Crippen LogP contribution in [-0.2, 0) is 0 Å². The molecule has 1 nitrogen and oxygen atoms in total. The fraction of sp³-hybridized carbons (Fsp3) is 0.125. The Bertz CT molecular complexity index is 596. The predicted molar refractivity (Wildman–Crippen MR) is 70.9 cm³/mol. The average molecular weight is 240 g/mol. The van der Waals surface area contributed by atoms with E-state index in [0.717, 1.165) is 11.3 Å². The van der Waals surface area contributed by atoms with Crippen LogP contribution in [0.25, 0.3) is 11.1 Å². The molecule has 0 amide bonds. The van der Waals surface area contributed by atoms with E-state index in [4.69, 9.17) is 11.2 Å². The van der Waals surface area contributed by atoms with Crippen LogP contribution in [-0.4, -0.2) is 6.61 Å². The third kappa shape index (κ3) is 2.52. The van der Waals surface area contributed by atoms with E-state index < -0.39 is 0 Å². The molecular weight excluding hydrogens is 227 g/mol. The molecule has 0 N–H and O–H groups in total. The highest BCUT2D eigenvalue weighted by Gasteiger charge is 2.06. The van der Waals surface area contributed by atoms with Gasteiger partial charge in [-0.15, -0.1) is 6.42 Å². The summed E-state index contributed by atoms with van der Waals surface area (Å²) in [6.45, 7) is 2.50. The van der Waals surface area contributed by atoms with Gasteiger partial charge in [0, 0.05) is 11.1 Å². The standard InChI is InChI=1S/C16H13FO/c1-3-12-8-9-15(16(17)10-12)13-6-5-7-14(11-13)18-4-2/h1,5-11H,4H2,2H3. The van der Waals surface area contributed by atoms with Gasteiger partial charge in [-0.2, -0.15) is 0 Å². The van der Waals surface area contributed by atoms with Crippen LogP contribution in [0.3, 0.4) is 0 Å². The molecule has 0 aliphatic rings. The first-order valence-electron chi connectivity index (χ1n) is 5.74. The molecule has 2 heteroatoms. The van der Waals surface area contributed by atoms with E-state index in [9.17, 15) is 4.39 Å². The minimum atomic E-state index is -0.320. The highest BCUT2D eigenvalue weighted by atomic mass is 19.1. The minimum Gasteiger partial charge on any atom is -0.494 e. The summed E-state index contributed by atoms with van der Waals surface area (Å²) in [5, 5.41) is 0. The molecule has 0 unspecified atom stereocenters. The van der Waals surface area contributed by atoms with Gasteiger partial charge in [0.2, 0.25) is 0 Å². The maximum atomic E-state index is 13.9. The van der Waals surface area contributed by atoms with Crippen LogP contribution in [0.15, 0.2) is 42.5 Å². The molecule has 0 aliphatic carbocycles. The van der Waals surface area contributed by atoms with E-state index in [1.165, 1.54) is 6.07 Å². The Morgan fingerprint density at radius 1 is 1.22 bits per heavy atom. The van der Waals surface area contributed by atoms with E-state index in [0.29, 0.717) is 17.7 Å². The summed E-state index contributed by atoms with van der Waals surface area (Å²) in [4.78, 5) is 0. The largest absolute Gasteiger partial charge is 0.494 e. The number of hydrogen-bond donors (Lipinski definition) is 0. The number of benzene rings is 2. The van der Waals surface area contributed by atoms with E-state index in [-0.39, 0.29) is 5.82 Å². The van der Waals surface area contributed by atoms with Crippen molar-refractivity contribution in [3.63, 3.8) is 0 Å². The smallest absolute Gasteiger partial charge is 0.132 e. The summed E-state index contributed by atoms with van der Waals surface area (Å²) < 4.78 is 19.3. The number of rotatable bonds is 3. The number of terminal acetylenes is 1. The second kappa shape index (κ2) is 5.37. The molecule has 0 aromatic heterocycles. The third-order valence-electron chi connectivity index (χ3n) is 2.59. The topological polar surface area (TPSA) is 9.23 Å². The zero-order valence-electron chi connectivity index (χ0n) is 10.1. The molecule has 0 heterocycles. The minimum absolute atomic E-state index is 0.320. The molecule has 0 radical (unpaired) electrons. The summed E-state index contributed by atoms with van der Waals surface area (Å²) in [6, 6.07) is 12.1. The molecule has 90 valence electrons. The van der Waals surface area contributed by atoms with Crippen molar-refractivity contribution in [1.29, 1.82) is 0 Å². The van der Waals surface area contributed by atoms with Gasteiger partial charge in [-0.05, 0) is 36.8 Å². The van der Waals surface area contributed by atoms with Gasteiger partial charge >= 0.3 is 0 Å². The predicted octanol–water partition coefficient (Wildman–Crippen LogP) is 3.87. The molecule has 0 saturated heterocycles. The van der Waals surface area contributed by atoms with E-state index in [2.05, 4.69) is 5.92 Å². The van der Waals surface area contributed by atoms with Crippen LogP contribution < -0.4 is 4.74 Å². The van der Waals surface area contributed by atoms with Crippen molar-refractivity contribution in [2.24, 2.45) is 0 Å². The first-order valence-corrected chi connectivity index (χ1v) is 5.74. The molecule has 2 aromatic rings. The van der Waals surface area contributed by atoms with Gasteiger partial charge < -0.3 is 4.74 Å². The fourth-order valence-electron chi connectivity index (χ4n) is 1.76. The fourth-order valence-corrected chi connectivity index (χ4v) is 1.76. The van der Waals surface area contributed by atoms with Crippen LogP contribution in [0.4, 0.5) is 4.39 Å². The maximum Gasteiger partial charge on any atom is 0.132 e. The number of hydrogen-bond acceptors (Lipinski definition) is 1. The number of halogens is 1. The van der Waals surface area contributed by atoms with Gasteiger partial charge in [0.25, 0.3) is 0 Å². The maximum absolute atomic E-state index is 13.9.